The van der Waals surface area contributed by atoms with E-state index >= 15 is 0 Å². The minimum absolute atomic E-state index is 0.0548. The Balaban J connectivity index is 1.47. The summed E-state index contributed by atoms with van der Waals surface area (Å²) in [5, 5.41) is 3.90. The van der Waals surface area contributed by atoms with E-state index in [1.807, 2.05) is 31.2 Å². The van der Waals surface area contributed by atoms with E-state index in [0.717, 1.165) is 23.3 Å². The molecule has 27 heavy (non-hydrogen) atoms. The van der Waals surface area contributed by atoms with Gasteiger partial charge in [0.1, 0.15) is 5.82 Å². The van der Waals surface area contributed by atoms with E-state index in [2.05, 4.69) is 21.0 Å². The van der Waals surface area contributed by atoms with Crippen LogP contribution >= 0.6 is 0 Å². The Bertz CT molecular complexity index is 936. The molecule has 0 aliphatic heterocycles. The first-order chi connectivity index (χ1) is 13.0. The summed E-state index contributed by atoms with van der Waals surface area (Å²) >= 11 is 0. The van der Waals surface area contributed by atoms with Gasteiger partial charge in [-0.25, -0.2) is 4.39 Å². The van der Waals surface area contributed by atoms with E-state index in [0.29, 0.717) is 11.7 Å². The summed E-state index contributed by atoms with van der Waals surface area (Å²) in [7, 11) is 0. The average Bonchev–Trinajstić information content (AvgIpc) is 3.14. The average molecular weight is 368 g/mol. The minimum atomic E-state index is -0.539. The highest BCUT2D eigenvalue weighted by molar-refractivity contribution is 5.95. The fraction of sp³-hybridized carbons (Fsp3) is 0.158. The predicted octanol–water partition coefficient (Wildman–Crippen LogP) is 2.58. The topological polar surface area (TPSA) is 97.1 Å². The van der Waals surface area contributed by atoms with Gasteiger partial charge >= 0.3 is 0 Å². The summed E-state index contributed by atoms with van der Waals surface area (Å²) in [5.74, 6) is -0.621. The molecule has 138 valence electrons. The maximum Gasteiger partial charge on any atom is 0.269 e. The summed E-state index contributed by atoms with van der Waals surface area (Å²) in [5.41, 5.74) is 6.74. The summed E-state index contributed by atoms with van der Waals surface area (Å²) in [4.78, 5) is 27.9. The third-order valence-corrected chi connectivity index (χ3v) is 3.77. The molecule has 0 atom stereocenters. The van der Waals surface area contributed by atoms with Crippen LogP contribution in [0.3, 0.4) is 0 Å². The van der Waals surface area contributed by atoms with E-state index in [9.17, 15) is 14.0 Å². The van der Waals surface area contributed by atoms with Gasteiger partial charge in [-0.05, 0) is 31.2 Å². The zero-order valence-electron chi connectivity index (χ0n) is 14.5. The second kappa shape index (κ2) is 8.22. The lowest BCUT2D eigenvalue weighted by Gasteiger charge is -2.06. The van der Waals surface area contributed by atoms with Crippen molar-refractivity contribution >= 4 is 11.8 Å². The smallest absolute Gasteiger partial charge is 0.269 e. The van der Waals surface area contributed by atoms with Crippen molar-refractivity contribution in [1.29, 1.82) is 0 Å². The number of nitrogens with zero attached hydrogens (tertiary/aromatic N) is 2. The highest BCUT2D eigenvalue weighted by atomic mass is 19.1. The molecule has 0 saturated carbocycles. The molecular weight excluding hydrogens is 351 g/mol. The Morgan fingerprint density at radius 2 is 1.74 bits per heavy atom. The number of hydrogen-bond donors (Lipinski definition) is 2. The van der Waals surface area contributed by atoms with Gasteiger partial charge in [0.05, 0.1) is 0 Å². The molecule has 0 fully saturated rings. The summed E-state index contributed by atoms with van der Waals surface area (Å²) in [6.07, 6.45) is 0.288. The molecule has 2 aromatic carbocycles. The fourth-order valence-electron chi connectivity index (χ4n) is 2.26. The molecule has 0 radical (unpaired) electrons. The lowest BCUT2D eigenvalue weighted by atomic mass is 10.1. The Morgan fingerprint density at radius 1 is 1.04 bits per heavy atom. The van der Waals surface area contributed by atoms with Crippen LogP contribution in [0.25, 0.3) is 11.4 Å². The van der Waals surface area contributed by atoms with E-state index in [4.69, 9.17) is 4.52 Å². The van der Waals surface area contributed by atoms with Crippen molar-refractivity contribution in [3.63, 3.8) is 0 Å². The highest BCUT2D eigenvalue weighted by Gasteiger charge is 2.12. The van der Waals surface area contributed by atoms with Gasteiger partial charge in [0.25, 0.3) is 5.91 Å². The first-order valence-corrected chi connectivity index (χ1v) is 8.25. The third-order valence-electron chi connectivity index (χ3n) is 3.77. The zero-order chi connectivity index (χ0) is 19.2. The number of halogens is 1. The molecule has 8 heteroatoms. The van der Waals surface area contributed by atoms with Crippen molar-refractivity contribution in [3.05, 3.63) is 71.4 Å². The summed E-state index contributed by atoms with van der Waals surface area (Å²) in [6, 6.07) is 12.6. The Hall–Kier alpha value is -3.55. The van der Waals surface area contributed by atoms with Gasteiger partial charge in [0.15, 0.2) is 0 Å². The monoisotopic (exact) mass is 368 g/mol. The SMILES string of the molecule is Cc1ccc(-c2noc(CCC(=O)NNC(=O)c3ccc(F)cc3)n2)cc1. The van der Waals surface area contributed by atoms with Crippen molar-refractivity contribution in [2.24, 2.45) is 0 Å². The van der Waals surface area contributed by atoms with Crippen LogP contribution < -0.4 is 10.9 Å². The van der Waals surface area contributed by atoms with Crippen molar-refractivity contribution in [2.45, 2.75) is 19.8 Å². The van der Waals surface area contributed by atoms with E-state index in [-0.39, 0.29) is 18.4 Å². The predicted molar refractivity (Wildman–Crippen MR) is 94.8 cm³/mol. The molecule has 3 aromatic rings. The molecule has 0 bridgehead atoms. The van der Waals surface area contributed by atoms with Crippen molar-refractivity contribution in [2.75, 3.05) is 0 Å². The molecule has 0 unspecified atom stereocenters. The molecule has 2 amide bonds. The number of nitrogens with one attached hydrogen (secondary N) is 2. The van der Waals surface area contributed by atoms with Gasteiger partial charge in [0.2, 0.25) is 17.6 Å². The molecule has 2 N–H and O–H groups in total. The molecule has 0 aliphatic rings. The number of aryl methyl sites for hydroxylation is 2. The van der Waals surface area contributed by atoms with E-state index in [1.165, 1.54) is 12.1 Å². The zero-order valence-corrected chi connectivity index (χ0v) is 14.5. The van der Waals surface area contributed by atoms with E-state index < -0.39 is 17.6 Å². The molecule has 0 aliphatic carbocycles. The van der Waals surface area contributed by atoms with Gasteiger partial charge < -0.3 is 4.52 Å². The first-order valence-electron chi connectivity index (χ1n) is 8.25. The molecule has 1 heterocycles. The molecule has 3 rings (SSSR count). The van der Waals surface area contributed by atoms with E-state index in [1.54, 1.807) is 0 Å². The summed E-state index contributed by atoms with van der Waals surface area (Å²) < 4.78 is 18.0. The number of amides is 2. The number of aromatic nitrogens is 2. The quantitative estimate of drug-likeness (QED) is 0.675. The maximum absolute atomic E-state index is 12.8. The molecule has 0 saturated heterocycles. The van der Waals surface area contributed by atoms with Crippen molar-refractivity contribution in [1.82, 2.24) is 21.0 Å². The number of carbonyl (C=O) groups excluding carboxylic acids is 2. The van der Waals surface area contributed by atoms with Gasteiger partial charge in [-0.1, -0.05) is 35.0 Å². The molecule has 0 spiro atoms. The number of benzene rings is 2. The van der Waals surface area contributed by atoms with Crippen LogP contribution in [0.1, 0.15) is 28.2 Å². The van der Waals surface area contributed by atoms with Gasteiger partial charge in [0, 0.05) is 24.0 Å². The second-order valence-electron chi connectivity index (χ2n) is 5.89. The largest absolute Gasteiger partial charge is 0.339 e. The standard InChI is InChI=1S/C19H17FN4O3/c1-12-2-4-13(5-3-12)18-21-17(27-24-18)11-10-16(25)22-23-19(26)14-6-8-15(20)9-7-14/h2-9H,10-11H2,1H3,(H,22,25)(H,23,26). The lowest BCUT2D eigenvalue weighted by molar-refractivity contribution is -0.121. The Morgan fingerprint density at radius 3 is 2.44 bits per heavy atom. The maximum atomic E-state index is 12.8. The second-order valence-corrected chi connectivity index (χ2v) is 5.89. The Kier molecular flexibility index (Phi) is 5.55. The van der Waals surface area contributed by atoms with Crippen LogP contribution in [-0.2, 0) is 11.2 Å². The van der Waals surface area contributed by atoms with Crippen LogP contribution in [0.5, 0.6) is 0 Å². The van der Waals surface area contributed by atoms with Crippen LogP contribution in [0, 0.1) is 12.7 Å². The van der Waals surface area contributed by atoms with Crippen molar-refractivity contribution in [3.8, 4) is 11.4 Å². The fourth-order valence-corrected chi connectivity index (χ4v) is 2.26. The lowest BCUT2D eigenvalue weighted by Crippen LogP contribution is -2.41. The number of hydrazine groups is 1. The van der Waals surface area contributed by atoms with Crippen molar-refractivity contribution < 1.29 is 18.5 Å². The Labute approximate surface area is 154 Å². The van der Waals surface area contributed by atoms with Gasteiger partial charge in [-0.15, -0.1) is 0 Å². The number of hydrogen-bond acceptors (Lipinski definition) is 5. The van der Waals surface area contributed by atoms with Gasteiger partial charge in [-0.3, -0.25) is 20.4 Å². The molecule has 7 nitrogen and oxygen atoms in total. The molecule has 1 aromatic heterocycles. The first kappa shape index (κ1) is 18.2. The van der Waals surface area contributed by atoms with Crippen LogP contribution in [0.2, 0.25) is 0 Å². The number of rotatable bonds is 5. The highest BCUT2D eigenvalue weighted by Crippen LogP contribution is 2.16. The summed E-state index contributed by atoms with van der Waals surface area (Å²) in [6.45, 7) is 1.99. The molecular formula is C19H17FN4O3. The van der Waals surface area contributed by atoms with Crippen LogP contribution in [-0.4, -0.2) is 22.0 Å². The van der Waals surface area contributed by atoms with Gasteiger partial charge in [-0.2, -0.15) is 4.98 Å². The number of carbonyl (C=O) groups is 2. The van der Waals surface area contributed by atoms with Crippen LogP contribution in [0.4, 0.5) is 4.39 Å². The minimum Gasteiger partial charge on any atom is -0.339 e. The van der Waals surface area contributed by atoms with Crippen LogP contribution in [0.15, 0.2) is 53.1 Å². The normalized spacial score (nSPS) is 10.4. The third kappa shape index (κ3) is 4.97.